The summed E-state index contributed by atoms with van der Waals surface area (Å²) in [5.74, 6) is 3.49. The Morgan fingerprint density at radius 1 is 1.16 bits per heavy atom. The highest BCUT2D eigenvalue weighted by Gasteiger charge is 2.65. The van der Waals surface area contributed by atoms with E-state index in [2.05, 4.69) is 19.9 Å². The van der Waals surface area contributed by atoms with Gasteiger partial charge in [-0.25, -0.2) is 4.79 Å². The van der Waals surface area contributed by atoms with Gasteiger partial charge in [-0.2, -0.15) is 0 Å². The van der Waals surface area contributed by atoms with Crippen molar-refractivity contribution in [3.63, 3.8) is 0 Å². The molecule has 0 bridgehead atoms. The monoisotopic (exact) mass is 340 g/mol. The average Bonchev–Trinajstić information content (AvgIpc) is 3.09. The summed E-state index contributed by atoms with van der Waals surface area (Å²) < 4.78 is 5.91. The lowest BCUT2D eigenvalue weighted by molar-refractivity contribution is -0.162. The van der Waals surface area contributed by atoms with Crippen molar-refractivity contribution in [3.05, 3.63) is 23.8 Å². The molecule has 134 valence electrons. The number of esters is 1. The van der Waals surface area contributed by atoms with E-state index in [0.29, 0.717) is 29.5 Å². The predicted molar refractivity (Wildman–Crippen MR) is 94.6 cm³/mol. The van der Waals surface area contributed by atoms with E-state index in [-0.39, 0.29) is 17.0 Å². The van der Waals surface area contributed by atoms with E-state index in [1.807, 2.05) is 6.08 Å². The summed E-state index contributed by atoms with van der Waals surface area (Å²) in [6.07, 6.45) is 13.1. The van der Waals surface area contributed by atoms with Gasteiger partial charge in [-0.15, -0.1) is 0 Å². The van der Waals surface area contributed by atoms with Crippen LogP contribution in [0.15, 0.2) is 23.8 Å². The summed E-state index contributed by atoms with van der Waals surface area (Å²) in [5.41, 5.74) is 1.17. The van der Waals surface area contributed by atoms with Crippen LogP contribution in [0.3, 0.4) is 0 Å². The van der Waals surface area contributed by atoms with Crippen molar-refractivity contribution in [2.45, 2.75) is 64.4 Å². The molecule has 3 fully saturated rings. The maximum absolute atomic E-state index is 11.9. The molecule has 0 aromatic carbocycles. The van der Waals surface area contributed by atoms with Crippen LogP contribution in [-0.4, -0.2) is 17.4 Å². The molecule has 5 rings (SSSR count). The molecule has 0 aromatic rings. The van der Waals surface area contributed by atoms with Crippen LogP contribution >= 0.6 is 0 Å². The van der Waals surface area contributed by atoms with Crippen LogP contribution in [-0.2, 0) is 14.3 Å². The van der Waals surface area contributed by atoms with Crippen molar-refractivity contribution in [2.75, 3.05) is 0 Å². The van der Waals surface area contributed by atoms with E-state index >= 15 is 0 Å². The quantitative estimate of drug-likeness (QED) is 0.620. The van der Waals surface area contributed by atoms with Gasteiger partial charge in [-0.3, -0.25) is 4.79 Å². The lowest BCUT2D eigenvalue weighted by Gasteiger charge is -2.57. The molecule has 0 saturated heterocycles. The average molecular weight is 340 g/mol. The van der Waals surface area contributed by atoms with Gasteiger partial charge in [0.25, 0.3) is 0 Å². The minimum atomic E-state index is -0.349. The van der Waals surface area contributed by atoms with Crippen molar-refractivity contribution in [1.29, 1.82) is 0 Å². The van der Waals surface area contributed by atoms with E-state index in [1.165, 1.54) is 18.4 Å². The minimum Gasteiger partial charge on any atom is -0.451 e. The molecule has 25 heavy (non-hydrogen) atoms. The number of rotatable bonds is 0. The Morgan fingerprint density at radius 2 is 2.00 bits per heavy atom. The molecule has 7 atom stereocenters. The molecular weight excluding hydrogens is 312 g/mol. The van der Waals surface area contributed by atoms with E-state index in [4.69, 9.17) is 4.74 Å². The van der Waals surface area contributed by atoms with Crippen molar-refractivity contribution in [3.8, 4) is 0 Å². The molecule has 0 aromatic heterocycles. The molecule has 0 radical (unpaired) electrons. The Morgan fingerprint density at radius 3 is 2.76 bits per heavy atom. The van der Waals surface area contributed by atoms with Crippen LogP contribution in [0.2, 0.25) is 0 Å². The highest BCUT2D eigenvalue weighted by atomic mass is 16.6. The molecule has 1 heterocycles. The molecule has 5 aliphatic rings. The second-order valence-electron chi connectivity index (χ2n) is 9.50. The Bertz CT molecular complexity index is 704. The molecule has 1 aliphatic heterocycles. The number of fused-ring (bicyclic) bond motifs is 6. The molecule has 3 nitrogen and oxygen atoms in total. The second-order valence-corrected chi connectivity index (χ2v) is 9.50. The van der Waals surface area contributed by atoms with E-state index in [0.717, 1.165) is 38.0 Å². The first kappa shape index (κ1) is 15.8. The Hall–Kier alpha value is -1.38. The van der Waals surface area contributed by atoms with Crippen molar-refractivity contribution >= 4 is 11.8 Å². The van der Waals surface area contributed by atoms with Crippen molar-refractivity contribution in [1.82, 2.24) is 0 Å². The molecule has 0 N–H and O–H groups in total. The topological polar surface area (TPSA) is 43.4 Å². The first-order valence-corrected chi connectivity index (χ1v) is 10.1. The van der Waals surface area contributed by atoms with Crippen molar-refractivity contribution < 1.29 is 14.3 Å². The summed E-state index contributed by atoms with van der Waals surface area (Å²) in [6.45, 7) is 4.77. The van der Waals surface area contributed by atoms with Gasteiger partial charge in [0, 0.05) is 17.9 Å². The summed E-state index contributed by atoms with van der Waals surface area (Å²) in [5, 5.41) is 0. The van der Waals surface area contributed by atoms with E-state index < -0.39 is 0 Å². The van der Waals surface area contributed by atoms with Gasteiger partial charge in [0.2, 0.25) is 0 Å². The fourth-order valence-corrected chi connectivity index (χ4v) is 7.52. The van der Waals surface area contributed by atoms with E-state index in [9.17, 15) is 9.59 Å². The summed E-state index contributed by atoms with van der Waals surface area (Å²) in [4.78, 5) is 23.7. The first-order valence-electron chi connectivity index (χ1n) is 10.1. The van der Waals surface area contributed by atoms with Crippen LogP contribution in [0.5, 0.6) is 0 Å². The van der Waals surface area contributed by atoms with Gasteiger partial charge in [0.05, 0.1) is 0 Å². The fourth-order valence-electron chi connectivity index (χ4n) is 7.52. The predicted octanol–water partition coefficient (Wildman–Crippen LogP) is 4.23. The van der Waals surface area contributed by atoms with Crippen molar-refractivity contribution in [2.24, 2.45) is 35.0 Å². The maximum Gasteiger partial charge on any atom is 0.331 e. The number of carbonyl (C=O) groups is 2. The second kappa shape index (κ2) is 5.08. The smallest absolute Gasteiger partial charge is 0.331 e. The van der Waals surface area contributed by atoms with Crippen LogP contribution < -0.4 is 0 Å². The SMILES string of the molecule is C[C@@H]1CC2=CC(=O)CC[C@@H]2C2CC[C@@]3(C)C(CC[C@@]34C=CC(=O)O4)C21. The fraction of sp³-hybridized carbons (Fsp3) is 0.727. The normalized spacial score (nSPS) is 51.0. The lowest BCUT2D eigenvalue weighted by Crippen LogP contribution is -2.54. The highest BCUT2D eigenvalue weighted by molar-refractivity contribution is 5.91. The molecule has 3 saturated carbocycles. The third-order valence-corrected chi connectivity index (χ3v) is 8.60. The van der Waals surface area contributed by atoms with Crippen LogP contribution in [0.4, 0.5) is 0 Å². The maximum atomic E-state index is 11.9. The summed E-state index contributed by atoms with van der Waals surface area (Å²) >= 11 is 0. The van der Waals surface area contributed by atoms with Gasteiger partial charge in [0.1, 0.15) is 5.60 Å². The molecular formula is C22H28O3. The van der Waals surface area contributed by atoms with Gasteiger partial charge in [-0.1, -0.05) is 19.4 Å². The van der Waals surface area contributed by atoms with Gasteiger partial charge < -0.3 is 4.74 Å². The van der Waals surface area contributed by atoms with Gasteiger partial charge >= 0.3 is 5.97 Å². The Balaban J connectivity index is 1.50. The van der Waals surface area contributed by atoms with E-state index in [1.54, 1.807) is 6.08 Å². The Labute approximate surface area is 149 Å². The summed E-state index contributed by atoms with van der Waals surface area (Å²) in [7, 11) is 0. The lowest BCUT2D eigenvalue weighted by atomic mass is 9.48. The molecule has 1 spiro atoms. The minimum absolute atomic E-state index is 0.0801. The van der Waals surface area contributed by atoms with Crippen LogP contribution in [0, 0.1) is 35.0 Å². The number of allylic oxidation sites excluding steroid dienone is 1. The van der Waals surface area contributed by atoms with Crippen LogP contribution in [0.1, 0.15) is 58.8 Å². The number of ketones is 1. The number of hydrogen-bond donors (Lipinski definition) is 0. The first-order chi connectivity index (χ1) is 11.9. The number of carbonyl (C=O) groups excluding carboxylic acids is 2. The molecule has 4 aliphatic carbocycles. The third-order valence-electron chi connectivity index (χ3n) is 8.60. The zero-order valence-electron chi connectivity index (χ0n) is 15.3. The molecule has 0 amide bonds. The standard InChI is InChI=1S/C22H28O3/c1-13-11-14-12-15(23)3-4-16(14)17-5-8-21(2)18(20(13)17)6-9-22(21)10-7-19(24)25-22/h7,10,12-13,16-18,20H,3-6,8-9,11H2,1-2H3/t13-,16+,17?,18?,20?,21+,22-/m1/s1. The highest BCUT2D eigenvalue weighted by Crippen LogP contribution is 2.67. The molecule has 3 heteroatoms. The van der Waals surface area contributed by atoms with Gasteiger partial charge in [-0.05, 0) is 80.3 Å². The largest absolute Gasteiger partial charge is 0.451 e. The zero-order chi connectivity index (χ0) is 17.4. The molecule has 3 unspecified atom stereocenters. The zero-order valence-corrected chi connectivity index (χ0v) is 15.3. The number of ether oxygens (including phenoxy) is 1. The third kappa shape index (κ3) is 1.98. The van der Waals surface area contributed by atoms with Crippen LogP contribution in [0.25, 0.3) is 0 Å². The summed E-state index contributed by atoms with van der Waals surface area (Å²) in [6, 6.07) is 0. The van der Waals surface area contributed by atoms with Gasteiger partial charge in [0.15, 0.2) is 5.78 Å². The number of hydrogen-bond acceptors (Lipinski definition) is 3. The Kier molecular flexibility index (Phi) is 3.22.